The van der Waals surface area contributed by atoms with Crippen molar-refractivity contribution in [2.24, 2.45) is 0 Å². The third-order valence-corrected chi connectivity index (χ3v) is 2.85. The van der Waals surface area contributed by atoms with Crippen molar-refractivity contribution in [3.63, 3.8) is 0 Å². The second-order valence-corrected chi connectivity index (χ2v) is 3.97. The summed E-state index contributed by atoms with van der Waals surface area (Å²) in [5.41, 5.74) is 2.76. The molecule has 0 aliphatic carbocycles. The molecule has 0 aliphatic heterocycles. The quantitative estimate of drug-likeness (QED) is 0.721. The van der Waals surface area contributed by atoms with Gasteiger partial charge in [0.15, 0.2) is 0 Å². The minimum absolute atomic E-state index is 0.154. The third-order valence-electron chi connectivity index (χ3n) is 2.85. The second kappa shape index (κ2) is 4.00. The van der Waals surface area contributed by atoms with E-state index in [9.17, 15) is 4.79 Å². The number of H-pyrrole nitrogens is 1. The van der Waals surface area contributed by atoms with Crippen molar-refractivity contribution < 1.29 is 9.90 Å². The molecular weight excluding hydrogens is 228 g/mol. The van der Waals surface area contributed by atoms with Gasteiger partial charge in [-0.05, 0) is 23.3 Å². The smallest absolute Gasteiger partial charge is 0.352 e. The molecule has 0 saturated carbocycles. The topological polar surface area (TPSA) is 66.0 Å². The van der Waals surface area contributed by atoms with Crippen LogP contribution in [0.1, 0.15) is 10.5 Å². The number of hydrogen-bond donors (Lipinski definition) is 2. The SMILES string of the molecule is O=C(O)c1cc2c(-c3ccccc3)ccnc2[nH]1. The largest absolute Gasteiger partial charge is 0.477 e. The highest BCUT2D eigenvalue weighted by Crippen LogP contribution is 2.27. The van der Waals surface area contributed by atoms with E-state index in [0.29, 0.717) is 5.65 Å². The van der Waals surface area contributed by atoms with Gasteiger partial charge >= 0.3 is 5.97 Å². The Balaban J connectivity index is 2.27. The maximum atomic E-state index is 11.0. The summed E-state index contributed by atoms with van der Waals surface area (Å²) < 4.78 is 0. The van der Waals surface area contributed by atoms with Crippen molar-refractivity contribution in [3.05, 3.63) is 54.4 Å². The molecule has 0 saturated heterocycles. The van der Waals surface area contributed by atoms with Crippen LogP contribution < -0.4 is 0 Å². The fraction of sp³-hybridized carbons (Fsp3) is 0. The summed E-state index contributed by atoms with van der Waals surface area (Å²) in [4.78, 5) is 17.9. The van der Waals surface area contributed by atoms with Crippen LogP contribution in [0.3, 0.4) is 0 Å². The highest BCUT2D eigenvalue weighted by Gasteiger charge is 2.11. The lowest BCUT2D eigenvalue weighted by Crippen LogP contribution is -1.94. The van der Waals surface area contributed by atoms with E-state index in [1.807, 2.05) is 36.4 Å². The van der Waals surface area contributed by atoms with Crippen molar-refractivity contribution in [1.82, 2.24) is 9.97 Å². The van der Waals surface area contributed by atoms with E-state index in [0.717, 1.165) is 16.5 Å². The molecule has 0 atom stereocenters. The fourth-order valence-corrected chi connectivity index (χ4v) is 2.01. The lowest BCUT2D eigenvalue weighted by molar-refractivity contribution is 0.0691. The average Bonchev–Trinajstić information content (AvgIpc) is 2.83. The first-order chi connectivity index (χ1) is 8.75. The first kappa shape index (κ1) is 10.5. The van der Waals surface area contributed by atoms with Crippen LogP contribution in [0.5, 0.6) is 0 Å². The number of benzene rings is 1. The zero-order chi connectivity index (χ0) is 12.5. The number of fused-ring (bicyclic) bond motifs is 1. The van der Waals surface area contributed by atoms with Crippen molar-refractivity contribution in [2.75, 3.05) is 0 Å². The predicted octanol–water partition coefficient (Wildman–Crippen LogP) is 2.93. The molecule has 4 heteroatoms. The Bertz CT molecular complexity index is 717. The molecule has 0 spiro atoms. The number of nitrogens with zero attached hydrogens (tertiary/aromatic N) is 1. The van der Waals surface area contributed by atoms with Crippen molar-refractivity contribution in [3.8, 4) is 11.1 Å². The van der Waals surface area contributed by atoms with Crippen LogP contribution >= 0.6 is 0 Å². The number of aromatic amines is 1. The van der Waals surface area contributed by atoms with Gasteiger partial charge in [0, 0.05) is 11.6 Å². The van der Waals surface area contributed by atoms with E-state index >= 15 is 0 Å². The van der Waals surface area contributed by atoms with Gasteiger partial charge in [-0.1, -0.05) is 30.3 Å². The summed E-state index contributed by atoms with van der Waals surface area (Å²) in [6.07, 6.45) is 1.67. The highest BCUT2D eigenvalue weighted by atomic mass is 16.4. The Morgan fingerprint density at radius 1 is 1.17 bits per heavy atom. The minimum atomic E-state index is -0.980. The Labute approximate surface area is 103 Å². The van der Waals surface area contributed by atoms with Crippen LogP contribution in [0.25, 0.3) is 22.2 Å². The molecule has 1 aromatic carbocycles. The van der Waals surface area contributed by atoms with E-state index in [2.05, 4.69) is 9.97 Å². The van der Waals surface area contributed by atoms with Crippen LogP contribution in [-0.4, -0.2) is 21.0 Å². The van der Waals surface area contributed by atoms with E-state index < -0.39 is 5.97 Å². The molecule has 0 amide bonds. The molecule has 0 bridgehead atoms. The Kier molecular flexibility index (Phi) is 2.34. The van der Waals surface area contributed by atoms with E-state index in [1.165, 1.54) is 0 Å². The van der Waals surface area contributed by atoms with Gasteiger partial charge < -0.3 is 10.1 Å². The summed E-state index contributed by atoms with van der Waals surface area (Å²) in [6.45, 7) is 0. The number of rotatable bonds is 2. The van der Waals surface area contributed by atoms with Crippen molar-refractivity contribution >= 4 is 17.0 Å². The maximum Gasteiger partial charge on any atom is 0.352 e. The first-order valence-corrected chi connectivity index (χ1v) is 5.52. The number of aromatic nitrogens is 2. The molecule has 3 rings (SSSR count). The molecule has 3 aromatic rings. The van der Waals surface area contributed by atoms with E-state index in [1.54, 1.807) is 12.3 Å². The van der Waals surface area contributed by atoms with Crippen molar-refractivity contribution in [1.29, 1.82) is 0 Å². The molecule has 2 aromatic heterocycles. The summed E-state index contributed by atoms with van der Waals surface area (Å²) in [6, 6.07) is 13.3. The van der Waals surface area contributed by atoms with Crippen LogP contribution in [0.15, 0.2) is 48.7 Å². The molecule has 0 fully saturated rings. The van der Waals surface area contributed by atoms with Gasteiger partial charge in [-0.15, -0.1) is 0 Å². The zero-order valence-corrected chi connectivity index (χ0v) is 9.42. The predicted molar refractivity (Wildman–Crippen MR) is 68.5 cm³/mol. The van der Waals surface area contributed by atoms with Crippen molar-refractivity contribution in [2.45, 2.75) is 0 Å². The third kappa shape index (κ3) is 1.64. The number of carboxylic acids is 1. The molecule has 2 N–H and O–H groups in total. The van der Waals surface area contributed by atoms with Crippen LogP contribution in [-0.2, 0) is 0 Å². The molecule has 88 valence electrons. The van der Waals surface area contributed by atoms with Gasteiger partial charge in [-0.25, -0.2) is 9.78 Å². The van der Waals surface area contributed by atoms with Crippen LogP contribution in [0.2, 0.25) is 0 Å². The van der Waals surface area contributed by atoms with E-state index in [-0.39, 0.29) is 5.69 Å². The Morgan fingerprint density at radius 3 is 2.67 bits per heavy atom. The first-order valence-electron chi connectivity index (χ1n) is 5.52. The summed E-state index contributed by atoms with van der Waals surface area (Å²) >= 11 is 0. The molecule has 4 nitrogen and oxygen atoms in total. The molecular formula is C14H10N2O2. The summed E-state index contributed by atoms with van der Waals surface area (Å²) in [7, 11) is 0. The van der Waals surface area contributed by atoms with E-state index in [4.69, 9.17) is 5.11 Å². The number of pyridine rings is 1. The van der Waals surface area contributed by atoms with Gasteiger partial charge in [0.05, 0.1) is 0 Å². The number of nitrogens with one attached hydrogen (secondary N) is 1. The lowest BCUT2D eigenvalue weighted by Gasteiger charge is -2.01. The molecule has 0 aliphatic rings. The normalized spacial score (nSPS) is 10.7. The standard InChI is InChI=1S/C14H10N2O2/c17-14(18)12-8-11-10(6-7-15-13(11)16-12)9-4-2-1-3-5-9/h1-8H,(H,15,16)(H,17,18). The summed E-state index contributed by atoms with van der Waals surface area (Å²) in [5.74, 6) is -0.980. The Hall–Kier alpha value is -2.62. The molecule has 0 unspecified atom stereocenters. The Morgan fingerprint density at radius 2 is 1.94 bits per heavy atom. The fourth-order valence-electron chi connectivity index (χ4n) is 2.01. The van der Waals surface area contributed by atoms with Gasteiger partial charge in [-0.2, -0.15) is 0 Å². The summed E-state index contributed by atoms with van der Waals surface area (Å²) in [5, 5.41) is 9.81. The number of carboxylic acid groups (broad SMARTS) is 1. The van der Waals surface area contributed by atoms with Gasteiger partial charge in [0.1, 0.15) is 11.3 Å². The van der Waals surface area contributed by atoms with Gasteiger partial charge in [-0.3, -0.25) is 0 Å². The monoisotopic (exact) mass is 238 g/mol. The van der Waals surface area contributed by atoms with Crippen LogP contribution in [0.4, 0.5) is 0 Å². The van der Waals surface area contributed by atoms with Crippen LogP contribution in [0, 0.1) is 0 Å². The second-order valence-electron chi connectivity index (χ2n) is 3.97. The number of carbonyl (C=O) groups is 1. The lowest BCUT2D eigenvalue weighted by atomic mass is 10.0. The highest BCUT2D eigenvalue weighted by molar-refractivity contribution is 5.99. The molecule has 18 heavy (non-hydrogen) atoms. The van der Waals surface area contributed by atoms with Gasteiger partial charge in [0.2, 0.25) is 0 Å². The number of aromatic carboxylic acids is 1. The number of hydrogen-bond acceptors (Lipinski definition) is 2. The minimum Gasteiger partial charge on any atom is -0.477 e. The molecule has 2 heterocycles. The van der Waals surface area contributed by atoms with Gasteiger partial charge in [0.25, 0.3) is 0 Å². The molecule has 0 radical (unpaired) electrons. The zero-order valence-electron chi connectivity index (χ0n) is 9.42. The maximum absolute atomic E-state index is 11.0. The average molecular weight is 238 g/mol.